The van der Waals surface area contributed by atoms with Gasteiger partial charge in [-0.15, -0.1) is 0 Å². The number of phenols is 3. The maximum atomic E-state index is 11.9. The van der Waals surface area contributed by atoms with Crippen LogP contribution in [0.3, 0.4) is 0 Å². The summed E-state index contributed by atoms with van der Waals surface area (Å²) in [5.41, 5.74) is 0.947. The Kier molecular flexibility index (Phi) is 4.18. The molecule has 2 aromatic rings. The van der Waals surface area contributed by atoms with Crippen molar-refractivity contribution in [1.82, 2.24) is 0 Å². The summed E-state index contributed by atoms with van der Waals surface area (Å²) in [5.74, 6) is 0.0430. The van der Waals surface area contributed by atoms with Crippen molar-refractivity contribution in [3.63, 3.8) is 0 Å². The lowest BCUT2D eigenvalue weighted by Crippen LogP contribution is -2.06. The second kappa shape index (κ2) is 6.04. The third-order valence-electron chi connectivity index (χ3n) is 2.89. The summed E-state index contributed by atoms with van der Waals surface area (Å²) in [6.07, 6.45) is 1.31. The highest BCUT2D eigenvalue weighted by Gasteiger charge is 2.08. The minimum Gasteiger partial charge on any atom is -0.624 e. The number of hydrogen-bond donors (Lipinski definition) is 3. The molecule has 110 valence electrons. The van der Waals surface area contributed by atoms with Gasteiger partial charge in [-0.1, -0.05) is 0 Å². The number of phenolic OH excluding ortho intramolecular Hbond substituents is 3. The lowest BCUT2D eigenvalue weighted by Gasteiger charge is -2.07. The fourth-order valence-electron chi connectivity index (χ4n) is 1.84. The van der Waals surface area contributed by atoms with Gasteiger partial charge in [-0.05, 0) is 30.3 Å². The van der Waals surface area contributed by atoms with Gasteiger partial charge in [0.2, 0.25) is 0 Å². The lowest BCUT2D eigenvalue weighted by atomic mass is 10.2. The van der Waals surface area contributed by atoms with E-state index in [-0.39, 0.29) is 29.5 Å². The molecule has 2 aromatic carbocycles. The van der Waals surface area contributed by atoms with Crippen LogP contribution in [-0.4, -0.2) is 33.4 Å². The highest BCUT2D eigenvalue weighted by molar-refractivity contribution is 5.77. The molecule has 6 nitrogen and oxygen atoms in total. The summed E-state index contributed by atoms with van der Waals surface area (Å²) >= 11 is 0. The molecule has 0 heterocycles. The quantitative estimate of drug-likeness (QED) is 0.346. The van der Waals surface area contributed by atoms with E-state index in [1.807, 2.05) is 0 Å². The minimum absolute atomic E-state index is 0.0109. The Hall–Kier alpha value is -2.89. The molecule has 0 amide bonds. The average Bonchev–Trinajstić information content (AvgIpc) is 2.44. The highest BCUT2D eigenvalue weighted by atomic mass is 16.5. The Balaban J connectivity index is 2.21. The number of nitrogens with zero attached hydrogens (tertiary/aromatic N) is 1. The second-order valence-electron chi connectivity index (χ2n) is 4.45. The SMILES string of the molecule is COc1cc(/C=[N+](\[O-])Cc2ccc(O)cc2O)ccc1O. The molecule has 0 aliphatic carbocycles. The summed E-state index contributed by atoms with van der Waals surface area (Å²) in [5, 5.41) is 40.2. The number of rotatable bonds is 4. The van der Waals surface area contributed by atoms with Gasteiger partial charge in [0.05, 0.1) is 12.7 Å². The number of ether oxygens (including phenoxy) is 1. The smallest absolute Gasteiger partial charge is 0.182 e. The van der Waals surface area contributed by atoms with Crippen LogP contribution in [0.1, 0.15) is 11.1 Å². The molecule has 0 radical (unpaired) electrons. The van der Waals surface area contributed by atoms with Gasteiger partial charge >= 0.3 is 0 Å². The zero-order valence-electron chi connectivity index (χ0n) is 11.4. The van der Waals surface area contributed by atoms with Crippen LogP contribution in [0.25, 0.3) is 0 Å². The fourth-order valence-corrected chi connectivity index (χ4v) is 1.84. The van der Waals surface area contributed by atoms with E-state index in [2.05, 4.69) is 0 Å². The zero-order valence-corrected chi connectivity index (χ0v) is 11.4. The molecule has 0 aliphatic heterocycles. The number of benzene rings is 2. The number of methoxy groups -OCH3 is 1. The molecule has 0 aliphatic rings. The summed E-state index contributed by atoms with van der Waals surface area (Å²) in [4.78, 5) is 0. The summed E-state index contributed by atoms with van der Waals surface area (Å²) < 4.78 is 5.60. The first-order valence-corrected chi connectivity index (χ1v) is 6.16. The van der Waals surface area contributed by atoms with Gasteiger partial charge in [0.1, 0.15) is 11.5 Å². The summed E-state index contributed by atoms with van der Waals surface area (Å²) in [6.45, 7) is -0.0741. The van der Waals surface area contributed by atoms with Crippen LogP contribution in [0.15, 0.2) is 36.4 Å². The van der Waals surface area contributed by atoms with E-state index in [0.29, 0.717) is 15.9 Å². The van der Waals surface area contributed by atoms with E-state index in [0.717, 1.165) is 0 Å². The molecule has 0 atom stereocenters. The molecule has 6 heteroatoms. The van der Waals surface area contributed by atoms with Crippen molar-refractivity contribution in [2.45, 2.75) is 6.54 Å². The number of aromatic hydroxyl groups is 3. The number of hydroxylamine groups is 1. The Labute approximate surface area is 121 Å². The monoisotopic (exact) mass is 289 g/mol. The van der Waals surface area contributed by atoms with Crippen molar-refractivity contribution in [3.05, 3.63) is 52.7 Å². The van der Waals surface area contributed by atoms with Gasteiger partial charge in [-0.25, -0.2) is 4.74 Å². The van der Waals surface area contributed by atoms with Crippen molar-refractivity contribution in [3.8, 4) is 23.0 Å². The molecular formula is C15H15NO5. The van der Waals surface area contributed by atoms with Crippen LogP contribution in [-0.2, 0) is 6.54 Å². The summed E-state index contributed by atoms with van der Waals surface area (Å²) in [7, 11) is 1.42. The summed E-state index contributed by atoms with van der Waals surface area (Å²) in [6, 6.07) is 8.56. The van der Waals surface area contributed by atoms with Gasteiger partial charge in [0, 0.05) is 11.6 Å². The minimum atomic E-state index is -0.146. The van der Waals surface area contributed by atoms with E-state index in [9.17, 15) is 20.5 Å². The molecule has 0 aromatic heterocycles. The Morgan fingerprint density at radius 3 is 2.52 bits per heavy atom. The predicted molar refractivity (Wildman–Crippen MR) is 76.9 cm³/mol. The molecule has 0 spiro atoms. The van der Waals surface area contributed by atoms with Crippen molar-refractivity contribution in [2.24, 2.45) is 0 Å². The third-order valence-corrected chi connectivity index (χ3v) is 2.89. The maximum absolute atomic E-state index is 11.9. The molecule has 0 bridgehead atoms. The number of hydrogen-bond acceptors (Lipinski definition) is 5. The third kappa shape index (κ3) is 3.56. The lowest BCUT2D eigenvalue weighted by molar-refractivity contribution is -0.469. The van der Waals surface area contributed by atoms with Gasteiger partial charge < -0.3 is 25.3 Å². The zero-order chi connectivity index (χ0) is 15.4. The first-order chi connectivity index (χ1) is 9.99. The van der Waals surface area contributed by atoms with Gasteiger partial charge in [0.15, 0.2) is 24.3 Å². The van der Waals surface area contributed by atoms with Gasteiger partial charge in [-0.2, -0.15) is 0 Å². The normalized spacial score (nSPS) is 11.4. The van der Waals surface area contributed by atoms with Crippen molar-refractivity contribution >= 4 is 6.21 Å². The van der Waals surface area contributed by atoms with Crippen LogP contribution < -0.4 is 4.74 Å². The second-order valence-corrected chi connectivity index (χ2v) is 4.45. The predicted octanol–water partition coefficient (Wildman–Crippen LogP) is 1.94. The van der Waals surface area contributed by atoms with Gasteiger partial charge in [-0.3, -0.25) is 0 Å². The van der Waals surface area contributed by atoms with E-state index in [4.69, 9.17) is 4.74 Å². The van der Waals surface area contributed by atoms with Crippen LogP contribution in [0.4, 0.5) is 0 Å². The Bertz CT molecular complexity index is 682. The van der Waals surface area contributed by atoms with E-state index >= 15 is 0 Å². The van der Waals surface area contributed by atoms with Crippen molar-refractivity contribution < 1.29 is 24.8 Å². The largest absolute Gasteiger partial charge is 0.624 e. The Morgan fingerprint density at radius 2 is 1.86 bits per heavy atom. The first kappa shape index (κ1) is 14.5. The highest BCUT2D eigenvalue weighted by Crippen LogP contribution is 2.26. The van der Waals surface area contributed by atoms with Crippen molar-refractivity contribution in [1.29, 1.82) is 0 Å². The van der Waals surface area contributed by atoms with E-state index in [1.54, 1.807) is 6.07 Å². The average molecular weight is 289 g/mol. The Morgan fingerprint density at radius 1 is 1.10 bits per heavy atom. The van der Waals surface area contributed by atoms with Gasteiger partial charge in [0.25, 0.3) is 0 Å². The molecule has 0 saturated heterocycles. The van der Waals surface area contributed by atoms with Crippen LogP contribution in [0.2, 0.25) is 0 Å². The molecule has 0 fully saturated rings. The molecule has 2 rings (SSSR count). The van der Waals surface area contributed by atoms with Crippen molar-refractivity contribution in [2.75, 3.05) is 7.11 Å². The molecule has 3 N–H and O–H groups in total. The van der Waals surface area contributed by atoms with E-state index < -0.39 is 0 Å². The molecule has 0 saturated carbocycles. The molecule has 21 heavy (non-hydrogen) atoms. The van der Waals surface area contributed by atoms with Crippen LogP contribution >= 0.6 is 0 Å². The van der Waals surface area contributed by atoms with Crippen LogP contribution in [0.5, 0.6) is 23.0 Å². The fraction of sp³-hybridized carbons (Fsp3) is 0.133. The standard InChI is InChI=1S/C15H15NO5/c1-21-15-6-10(2-5-13(15)18)8-16(20)9-11-3-4-12(17)7-14(11)19/h2-8,17-19H,9H2,1H3/b16-8-. The maximum Gasteiger partial charge on any atom is 0.182 e. The van der Waals surface area contributed by atoms with E-state index in [1.165, 1.54) is 43.7 Å². The van der Waals surface area contributed by atoms with Crippen LogP contribution in [0, 0.1) is 5.21 Å². The molecule has 0 unspecified atom stereocenters. The molecular weight excluding hydrogens is 274 g/mol. The first-order valence-electron chi connectivity index (χ1n) is 6.16. The topological polar surface area (TPSA) is 96.0 Å².